The van der Waals surface area contributed by atoms with Crippen LogP contribution in [0.15, 0.2) is 6.07 Å². The van der Waals surface area contributed by atoms with E-state index in [1.54, 1.807) is 4.90 Å². The third-order valence-corrected chi connectivity index (χ3v) is 2.97. The normalized spacial score (nSPS) is 20.5. The van der Waals surface area contributed by atoms with Gasteiger partial charge in [0.2, 0.25) is 11.2 Å². The van der Waals surface area contributed by atoms with Crippen molar-refractivity contribution in [3.63, 3.8) is 0 Å². The van der Waals surface area contributed by atoms with Crippen LogP contribution >= 0.6 is 11.6 Å². The van der Waals surface area contributed by atoms with Gasteiger partial charge in [0.25, 0.3) is 0 Å². The van der Waals surface area contributed by atoms with Crippen LogP contribution in [0.4, 0.5) is 5.82 Å². The molecule has 5 nitrogen and oxygen atoms in total. The first-order chi connectivity index (χ1) is 8.04. The van der Waals surface area contributed by atoms with Crippen molar-refractivity contribution in [2.75, 3.05) is 18.9 Å². The molecule has 1 unspecified atom stereocenters. The zero-order chi connectivity index (χ0) is 12.4. The molecule has 1 amide bonds. The number of likely N-dealkylation sites (tertiary alicyclic amines) is 1. The molecule has 1 fully saturated rings. The maximum atomic E-state index is 11.4. The second-order valence-electron chi connectivity index (χ2n) is 4.32. The number of carbonyl (C=O) groups is 1. The minimum absolute atomic E-state index is 0.194. The van der Waals surface area contributed by atoms with E-state index in [-0.39, 0.29) is 17.2 Å². The fraction of sp³-hybridized carbons (Fsp3) is 0.545. The summed E-state index contributed by atoms with van der Waals surface area (Å²) in [7, 11) is 1.81. The van der Waals surface area contributed by atoms with E-state index in [1.165, 1.54) is 0 Å². The van der Waals surface area contributed by atoms with Gasteiger partial charge in [0.1, 0.15) is 5.82 Å². The van der Waals surface area contributed by atoms with Gasteiger partial charge in [-0.05, 0) is 24.9 Å². The monoisotopic (exact) mass is 254 g/mol. The summed E-state index contributed by atoms with van der Waals surface area (Å²) in [6.45, 7) is 2.56. The first-order valence-corrected chi connectivity index (χ1v) is 5.94. The molecule has 0 radical (unpaired) electrons. The van der Waals surface area contributed by atoms with E-state index in [1.807, 2.05) is 20.0 Å². The van der Waals surface area contributed by atoms with Crippen LogP contribution in [0.2, 0.25) is 5.28 Å². The van der Waals surface area contributed by atoms with E-state index in [2.05, 4.69) is 15.3 Å². The maximum Gasteiger partial charge on any atom is 0.224 e. The van der Waals surface area contributed by atoms with E-state index in [0.717, 1.165) is 17.9 Å². The summed E-state index contributed by atoms with van der Waals surface area (Å²) in [5, 5.41) is 3.53. The number of nitrogens with zero attached hydrogens (tertiary/aromatic N) is 3. The predicted molar refractivity (Wildman–Crippen MR) is 66.1 cm³/mol. The largest absolute Gasteiger partial charge is 0.365 e. The molecule has 1 aliphatic heterocycles. The van der Waals surface area contributed by atoms with Crippen molar-refractivity contribution in [2.45, 2.75) is 25.8 Å². The van der Waals surface area contributed by atoms with Gasteiger partial charge >= 0.3 is 0 Å². The summed E-state index contributed by atoms with van der Waals surface area (Å²) < 4.78 is 0. The SMILES string of the molecule is Cc1cc(NC2CCC(=O)N(C)C2)nc(Cl)n1. The minimum Gasteiger partial charge on any atom is -0.365 e. The number of piperidine rings is 1. The van der Waals surface area contributed by atoms with Crippen LogP contribution in [-0.2, 0) is 4.79 Å². The van der Waals surface area contributed by atoms with Crippen LogP contribution < -0.4 is 5.32 Å². The molecule has 0 bridgehead atoms. The van der Waals surface area contributed by atoms with Crippen molar-refractivity contribution in [3.8, 4) is 0 Å². The molecule has 1 aliphatic rings. The molecule has 17 heavy (non-hydrogen) atoms. The molecule has 2 heterocycles. The lowest BCUT2D eigenvalue weighted by Gasteiger charge is -2.30. The highest BCUT2D eigenvalue weighted by Gasteiger charge is 2.22. The number of aromatic nitrogens is 2. The second-order valence-corrected chi connectivity index (χ2v) is 4.66. The van der Waals surface area contributed by atoms with Crippen LogP contribution in [0.5, 0.6) is 0 Å². The number of amides is 1. The standard InChI is InChI=1S/C11H15ClN4O/c1-7-5-9(15-11(12)13-7)14-8-3-4-10(17)16(2)6-8/h5,8H,3-4,6H2,1-2H3,(H,13,14,15). The van der Waals surface area contributed by atoms with Crippen LogP contribution in [0.1, 0.15) is 18.5 Å². The van der Waals surface area contributed by atoms with E-state index in [4.69, 9.17) is 11.6 Å². The summed E-state index contributed by atoms with van der Waals surface area (Å²) in [5.41, 5.74) is 0.827. The summed E-state index contributed by atoms with van der Waals surface area (Å²) >= 11 is 5.79. The highest BCUT2D eigenvalue weighted by molar-refractivity contribution is 6.28. The van der Waals surface area contributed by atoms with Gasteiger partial charge in [-0.1, -0.05) is 0 Å². The fourth-order valence-corrected chi connectivity index (χ4v) is 2.17. The number of carbonyl (C=O) groups excluding carboxylic acids is 1. The van der Waals surface area contributed by atoms with Crippen molar-refractivity contribution < 1.29 is 4.79 Å². The summed E-state index contributed by atoms with van der Waals surface area (Å²) in [4.78, 5) is 21.2. The summed E-state index contributed by atoms with van der Waals surface area (Å²) in [5.74, 6) is 0.912. The molecule has 0 aliphatic carbocycles. The van der Waals surface area contributed by atoms with Gasteiger partial charge in [-0.25, -0.2) is 9.97 Å². The van der Waals surface area contributed by atoms with Gasteiger partial charge in [-0.2, -0.15) is 0 Å². The van der Waals surface area contributed by atoms with E-state index in [0.29, 0.717) is 13.0 Å². The molecule has 1 saturated heterocycles. The molecule has 0 aromatic carbocycles. The van der Waals surface area contributed by atoms with Crippen molar-refractivity contribution in [3.05, 3.63) is 17.0 Å². The molecule has 1 atom stereocenters. The number of aryl methyl sites for hydroxylation is 1. The lowest BCUT2D eigenvalue weighted by atomic mass is 10.1. The topological polar surface area (TPSA) is 58.1 Å². The van der Waals surface area contributed by atoms with E-state index in [9.17, 15) is 4.79 Å². The molecule has 0 saturated carbocycles. The number of hydrogen-bond donors (Lipinski definition) is 1. The van der Waals surface area contributed by atoms with Crippen LogP contribution in [0.25, 0.3) is 0 Å². The Kier molecular flexibility index (Phi) is 3.47. The first kappa shape index (κ1) is 12.1. The van der Waals surface area contributed by atoms with Crippen molar-refractivity contribution in [1.29, 1.82) is 0 Å². The van der Waals surface area contributed by atoms with Gasteiger partial charge in [-0.3, -0.25) is 4.79 Å². The molecule has 1 aromatic heterocycles. The third kappa shape index (κ3) is 3.06. The van der Waals surface area contributed by atoms with Crippen molar-refractivity contribution >= 4 is 23.3 Å². The summed E-state index contributed by atoms with van der Waals surface area (Å²) in [6, 6.07) is 2.07. The minimum atomic E-state index is 0.194. The summed E-state index contributed by atoms with van der Waals surface area (Å²) in [6.07, 6.45) is 1.40. The molecule has 1 N–H and O–H groups in total. The smallest absolute Gasteiger partial charge is 0.224 e. The van der Waals surface area contributed by atoms with Gasteiger partial charge in [-0.15, -0.1) is 0 Å². The Morgan fingerprint density at radius 2 is 2.29 bits per heavy atom. The molecular formula is C11H15ClN4O. The van der Waals surface area contributed by atoms with E-state index >= 15 is 0 Å². The Labute approximate surface area is 105 Å². The number of hydrogen-bond acceptors (Lipinski definition) is 4. The number of anilines is 1. The van der Waals surface area contributed by atoms with E-state index < -0.39 is 0 Å². The second kappa shape index (κ2) is 4.87. The Balaban J connectivity index is 2.03. The zero-order valence-electron chi connectivity index (χ0n) is 9.90. The van der Waals surface area contributed by atoms with Crippen LogP contribution in [0, 0.1) is 6.92 Å². The van der Waals surface area contributed by atoms with Gasteiger partial charge in [0, 0.05) is 37.8 Å². The molecule has 2 rings (SSSR count). The van der Waals surface area contributed by atoms with Crippen LogP contribution in [-0.4, -0.2) is 40.4 Å². The van der Waals surface area contributed by atoms with Gasteiger partial charge in [0.05, 0.1) is 0 Å². The zero-order valence-corrected chi connectivity index (χ0v) is 10.7. The average Bonchev–Trinajstić information content (AvgIpc) is 2.22. The number of nitrogens with one attached hydrogen (secondary N) is 1. The molecular weight excluding hydrogens is 240 g/mol. The Hall–Kier alpha value is -1.36. The lowest BCUT2D eigenvalue weighted by molar-refractivity contribution is -0.132. The first-order valence-electron chi connectivity index (χ1n) is 5.56. The predicted octanol–water partition coefficient (Wildman–Crippen LogP) is 1.47. The highest BCUT2D eigenvalue weighted by atomic mass is 35.5. The van der Waals surface area contributed by atoms with Crippen molar-refractivity contribution in [1.82, 2.24) is 14.9 Å². The maximum absolute atomic E-state index is 11.4. The number of likely N-dealkylation sites (N-methyl/N-ethyl adjacent to an activating group) is 1. The molecule has 1 aromatic rings. The lowest BCUT2D eigenvalue weighted by Crippen LogP contribution is -2.43. The van der Waals surface area contributed by atoms with Gasteiger partial charge < -0.3 is 10.2 Å². The highest BCUT2D eigenvalue weighted by Crippen LogP contribution is 2.16. The number of halogens is 1. The third-order valence-electron chi connectivity index (χ3n) is 2.81. The quantitative estimate of drug-likeness (QED) is 0.812. The molecule has 0 spiro atoms. The molecule has 6 heteroatoms. The Bertz CT molecular complexity index is 417. The van der Waals surface area contributed by atoms with Crippen molar-refractivity contribution in [2.24, 2.45) is 0 Å². The number of rotatable bonds is 2. The molecule has 92 valence electrons. The fourth-order valence-electron chi connectivity index (χ4n) is 1.95. The van der Waals surface area contributed by atoms with Crippen LogP contribution in [0.3, 0.4) is 0 Å². The Morgan fingerprint density at radius 3 is 2.94 bits per heavy atom. The average molecular weight is 255 g/mol. The van der Waals surface area contributed by atoms with Gasteiger partial charge in [0.15, 0.2) is 0 Å². The Morgan fingerprint density at radius 1 is 1.53 bits per heavy atom.